The zero-order chi connectivity index (χ0) is 12.4. The van der Waals surface area contributed by atoms with Crippen molar-refractivity contribution in [3.8, 4) is 0 Å². The molecule has 1 aliphatic heterocycles. The van der Waals surface area contributed by atoms with Gasteiger partial charge in [0.05, 0.1) is 11.4 Å². The molecule has 0 radical (unpaired) electrons. The second-order valence-electron chi connectivity index (χ2n) is 4.30. The quantitative estimate of drug-likeness (QED) is 0.766. The largest absolute Gasteiger partial charge is 0.366 e. The van der Waals surface area contributed by atoms with Gasteiger partial charge in [-0.3, -0.25) is 0 Å². The Labute approximate surface area is 106 Å². The van der Waals surface area contributed by atoms with Gasteiger partial charge in [-0.2, -0.15) is 0 Å². The van der Waals surface area contributed by atoms with Crippen molar-refractivity contribution in [1.29, 1.82) is 0 Å². The first-order valence-electron chi connectivity index (χ1n) is 5.66. The molecule has 2 rings (SSSR count). The monoisotopic (exact) mass is 250 g/mol. The van der Waals surface area contributed by atoms with Gasteiger partial charge in [-0.15, -0.1) is 11.3 Å². The SMILES string of the molecule is CC1N=C(N(C)C)CC(N(C)c2cccs2)=N1. The Morgan fingerprint density at radius 1 is 1.24 bits per heavy atom. The van der Waals surface area contributed by atoms with Crippen LogP contribution in [0.1, 0.15) is 13.3 Å². The first-order valence-corrected chi connectivity index (χ1v) is 6.54. The van der Waals surface area contributed by atoms with Crippen LogP contribution in [0.15, 0.2) is 27.5 Å². The molecule has 17 heavy (non-hydrogen) atoms. The number of thiophene rings is 1. The minimum Gasteiger partial charge on any atom is -0.366 e. The molecule has 5 heteroatoms. The van der Waals surface area contributed by atoms with Crippen LogP contribution in [0.4, 0.5) is 5.00 Å². The van der Waals surface area contributed by atoms with Crippen molar-refractivity contribution < 1.29 is 0 Å². The molecule has 0 saturated heterocycles. The standard InChI is InChI=1S/C12H18N4S/c1-9-13-10(15(2)3)8-11(14-9)16(4)12-6-5-7-17-12/h5-7,9H,8H2,1-4H3. The van der Waals surface area contributed by atoms with E-state index in [0.29, 0.717) is 0 Å². The van der Waals surface area contributed by atoms with Crippen molar-refractivity contribution in [2.24, 2.45) is 9.98 Å². The summed E-state index contributed by atoms with van der Waals surface area (Å²) in [5.41, 5.74) is 0. The Hall–Kier alpha value is -1.36. The zero-order valence-electron chi connectivity index (χ0n) is 10.7. The summed E-state index contributed by atoms with van der Waals surface area (Å²) in [7, 11) is 6.12. The molecular formula is C12H18N4S. The number of nitrogens with zero attached hydrogens (tertiary/aromatic N) is 4. The molecule has 0 fully saturated rings. The predicted octanol–water partition coefficient (Wildman–Crippen LogP) is 2.29. The van der Waals surface area contributed by atoms with E-state index < -0.39 is 0 Å². The van der Waals surface area contributed by atoms with E-state index in [-0.39, 0.29) is 6.17 Å². The maximum absolute atomic E-state index is 4.61. The van der Waals surface area contributed by atoms with E-state index >= 15 is 0 Å². The van der Waals surface area contributed by atoms with Crippen LogP contribution in [-0.2, 0) is 0 Å². The normalized spacial score (nSPS) is 19.6. The summed E-state index contributed by atoms with van der Waals surface area (Å²) in [5, 5.41) is 3.30. The highest BCUT2D eigenvalue weighted by atomic mass is 32.1. The number of hydrogen-bond acceptors (Lipinski definition) is 5. The summed E-state index contributed by atoms with van der Waals surface area (Å²) < 4.78 is 0. The molecule has 1 aliphatic rings. The lowest BCUT2D eigenvalue weighted by molar-refractivity contribution is 0.592. The Morgan fingerprint density at radius 2 is 1.94 bits per heavy atom. The van der Waals surface area contributed by atoms with Gasteiger partial charge in [0.2, 0.25) is 0 Å². The molecule has 2 heterocycles. The van der Waals surface area contributed by atoms with Crippen molar-refractivity contribution >= 4 is 28.0 Å². The van der Waals surface area contributed by atoms with E-state index in [9.17, 15) is 0 Å². The van der Waals surface area contributed by atoms with Crippen molar-refractivity contribution in [3.05, 3.63) is 17.5 Å². The fourth-order valence-corrected chi connectivity index (χ4v) is 2.48. The molecule has 92 valence electrons. The summed E-state index contributed by atoms with van der Waals surface area (Å²) in [4.78, 5) is 13.3. The summed E-state index contributed by atoms with van der Waals surface area (Å²) in [5.74, 6) is 2.17. The molecule has 0 aliphatic carbocycles. The van der Waals surface area contributed by atoms with Gasteiger partial charge >= 0.3 is 0 Å². The van der Waals surface area contributed by atoms with E-state index in [0.717, 1.165) is 18.1 Å². The fraction of sp³-hybridized carbons (Fsp3) is 0.500. The lowest BCUT2D eigenvalue weighted by atomic mass is 10.2. The Bertz CT molecular complexity index is 433. The Morgan fingerprint density at radius 3 is 2.53 bits per heavy atom. The van der Waals surface area contributed by atoms with Crippen LogP contribution in [0.5, 0.6) is 0 Å². The van der Waals surface area contributed by atoms with E-state index in [1.54, 1.807) is 11.3 Å². The average Bonchev–Trinajstić information content (AvgIpc) is 2.80. The second kappa shape index (κ2) is 4.87. The highest BCUT2D eigenvalue weighted by molar-refractivity contribution is 7.14. The third kappa shape index (κ3) is 2.66. The van der Waals surface area contributed by atoms with Crippen LogP contribution < -0.4 is 4.90 Å². The van der Waals surface area contributed by atoms with Gasteiger partial charge < -0.3 is 9.80 Å². The molecule has 1 atom stereocenters. The molecule has 4 nitrogen and oxygen atoms in total. The van der Waals surface area contributed by atoms with Gasteiger partial charge in [0.25, 0.3) is 0 Å². The number of amidine groups is 2. The lowest BCUT2D eigenvalue weighted by Crippen LogP contribution is -2.36. The van der Waals surface area contributed by atoms with Crippen LogP contribution in [0, 0.1) is 0 Å². The molecule has 0 amide bonds. The zero-order valence-corrected chi connectivity index (χ0v) is 11.5. The summed E-state index contributed by atoms with van der Waals surface area (Å²) in [6.07, 6.45) is 0.810. The van der Waals surface area contributed by atoms with Gasteiger partial charge in [-0.05, 0) is 24.4 Å². The van der Waals surface area contributed by atoms with Crippen LogP contribution in [0.25, 0.3) is 0 Å². The smallest absolute Gasteiger partial charge is 0.140 e. The van der Waals surface area contributed by atoms with Gasteiger partial charge in [0.15, 0.2) is 0 Å². The maximum Gasteiger partial charge on any atom is 0.140 e. The van der Waals surface area contributed by atoms with Crippen molar-refractivity contribution in [2.75, 3.05) is 26.0 Å². The number of anilines is 1. The highest BCUT2D eigenvalue weighted by Gasteiger charge is 2.19. The van der Waals surface area contributed by atoms with Crippen molar-refractivity contribution in [1.82, 2.24) is 4.90 Å². The van der Waals surface area contributed by atoms with E-state index in [2.05, 4.69) is 44.3 Å². The molecule has 1 aromatic rings. The van der Waals surface area contributed by atoms with Crippen LogP contribution in [-0.4, -0.2) is 43.9 Å². The van der Waals surface area contributed by atoms with Gasteiger partial charge in [-0.25, -0.2) is 9.98 Å². The van der Waals surface area contributed by atoms with Gasteiger partial charge in [0.1, 0.15) is 17.8 Å². The second-order valence-corrected chi connectivity index (χ2v) is 5.23. The van der Waals surface area contributed by atoms with E-state index in [4.69, 9.17) is 0 Å². The van der Waals surface area contributed by atoms with Gasteiger partial charge in [0, 0.05) is 21.1 Å². The number of aliphatic imine (C=N–C) groups is 2. The Balaban J connectivity index is 2.18. The molecule has 0 N–H and O–H groups in total. The van der Waals surface area contributed by atoms with Gasteiger partial charge in [-0.1, -0.05) is 0 Å². The molecule has 0 saturated carbocycles. The van der Waals surface area contributed by atoms with E-state index in [1.165, 1.54) is 5.00 Å². The molecule has 0 bridgehead atoms. The first kappa shape index (κ1) is 12.1. The Kier molecular flexibility index (Phi) is 3.47. The van der Waals surface area contributed by atoms with Crippen molar-refractivity contribution in [3.63, 3.8) is 0 Å². The topological polar surface area (TPSA) is 31.2 Å². The minimum atomic E-state index is 0.0126. The first-order chi connectivity index (χ1) is 8.08. The molecule has 1 unspecified atom stereocenters. The minimum absolute atomic E-state index is 0.0126. The highest BCUT2D eigenvalue weighted by Crippen LogP contribution is 2.22. The van der Waals surface area contributed by atoms with Crippen LogP contribution in [0.2, 0.25) is 0 Å². The third-order valence-corrected chi connectivity index (χ3v) is 3.67. The van der Waals surface area contributed by atoms with E-state index in [1.807, 2.05) is 21.0 Å². The average molecular weight is 250 g/mol. The molecule has 0 aromatic carbocycles. The summed E-state index contributed by atoms with van der Waals surface area (Å²) >= 11 is 1.73. The fourth-order valence-electron chi connectivity index (χ4n) is 1.76. The number of rotatable bonds is 1. The maximum atomic E-state index is 4.61. The predicted molar refractivity (Wildman–Crippen MR) is 75.4 cm³/mol. The molecular weight excluding hydrogens is 232 g/mol. The molecule has 0 spiro atoms. The summed E-state index contributed by atoms with van der Waals surface area (Å²) in [6, 6.07) is 4.17. The molecule has 1 aromatic heterocycles. The third-order valence-electron chi connectivity index (χ3n) is 2.73. The summed E-state index contributed by atoms with van der Waals surface area (Å²) in [6.45, 7) is 2.02. The lowest BCUT2D eigenvalue weighted by Gasteiger charge is -2.27. The number of hydrogen-bond donors (Lipinski definition) is 0. The van der Waals surface area contributed by atoms with Crippen LogP contribution in [0.3, 0.4) is 0 Å². The van der Waals surface area contributed by atoms with Crippen LogP contribution >= 0.6 is 11.3 Å². The van der Waals surface area contributed by atoms with Crippen molar-refractivity contribution in [2.45, 2.75) is 19.5 Å².